The molecule has 3 aromatic carbocycles. The van der Waals surface area contributed by atoms with E-state index in [9.17, 15) is 48.0 Å². The highest BCUT2D eigenvalue weighted by Crippen LogP contribution is 2.35. The Hall–Kier alpha value is -5.15. The molecule has 15 heteroatoms. The zero-order valence-electron chi connectivity index (χ0n) is 23.4. The van der Waals surface area contributed by atoms with Gasteiger partial charge in [0.25, 0.3) is 5.91 Å². The second-order valence-corrected chi connectivity index (χ2v) is 11.8. The fourth-order valence-corrected chi connectivity index (χ4v) is 5.43. The number of hydrogen-bond acceptors (Lipinski definition) is 12. The van der Waals surface area contributed by atoms with Crippen LogP contribution < -0.4 is 5.32 Å². The largest absolute Gasteiger partial charge is 0.508 e. The van der Waals surface area contributed by atoms with Crippen LogP contribution in [0.3, 0.4) is 0 Å². The maximum absolute atomic E-state index is 13.3. The van der Waals surface area contributed by atoms with Crippen molar-refractivity contribution in [2.45, 2.75) is 19.1 Å². The Morgan fingerprint density at radius 3 is 2.09 bits per heavy atom. The quantitative estimate of drug-likeness (QED) is 0.168. The number of sulfonamides is 1. The van der Waals surface area contributed by atoms with Crippen LogP contribution in [0.1, 0.15) is 53.9 Å². The number of hydrogen-bond donors (Lipinski definition) is 5. The molecule has 0 bridgehead atoms. The summed E-state index contributed by atoms with van der Waals surface area (Å²) in [6.07, 6.45) is -0.253. The number of carbonyl (C=O) groups excluding carboxylic acids is 4. The van der Waals surface area contributed by atoms with Gasteiger partial charge >= 0.3 is 11.9 Å². The summed E-state index contributed by atoms with van der Waals surface area (Å²) in [6.45, 7) is 0.963. The van der Waals surface area contributed by atoms with Gasteiger partial charge in [0.1, 0.15) is 34.7 Å². The molecule has 4 rings (SSSR count). The summed E-state index contributed by atoms with van der Waals surface area (Å²) in [5.74, 6) is -6.31. The molecule has 0 aliphatic carbocycles. The van der Waals surface area contributed by atoms with Crippen molar-refractivity contribution < 1.29 is 57.5 Å². The van der Waals surface area contributed by atoms with Gasteiger partial charge < -0.3 is 35.2 Å². The first kappa shape index (κ1) is 31.8. The molecule has 14 nitrogen and oxygen atoms in total. The summed E-state index contributed by atoms with van der Waals surface area (Å²) in [5.41, 5.74) is -1.88. The molecule has 0 saturated carbocycles. The van der Waals surface area contributed by atoms with Gasteiger partial charge in [0.2, 0.25) is 15.8 Å². The molecule has 5 N–H and O–H groups in total. The molecule has 1 amide bonds. The minimum atomic E-state index is -3.76. The molecule has 0 radical (unpaired) electrons. The van der Waals surface area contributed by atoms with Gasteiger partial charge in [-0.25, -0.2) is 18.0 Å². The summed E-state index contributed by atoms with van der Waals surface area (Å²) in [7, 11) is -3.76. The van der Waals surface area contributed by atoms with Crippen molar-refractivity contribution >= 4 is 33.7 Å². The van der Waals surface area contributed by atoms with Crippen LogP contribution in [0.25, 0.3) is 0 Å². The average molecular weight is 629 g/mol. The normalized spacial score (nSPS) is 16.7. The van der Waals surface area contributed by atoms with Crippen LogP contribution in [0.4, 0.5) is 0 Å². The van der Waals surface area contributed by atoms with E-state index in [0.29, 0.717) is 0 Å². The molecular formula is C29H28N2O12S. The number of ketones is 1. The van der Waals surface area contributed by atoms with E-state index in [-0.39, 0.29) is 36.6 Å². The van der Waals surface area contributed by atoms with Gasteiger partial charge in [0, 0.05) is 12.1 Å². The minimum absolute atomic E-state index is 0.0281. The predicted octanol–water partition coefficient (Wildman–Crippen LogP) is 1.52. The molecule has 1 saturated heterocycles. The first-order valence-electron chi connectivity index (χ1n) is 13.1. The Balaban J connectivity index is 1.59. The summed E-state index contributed by atoms with van der Waals surface area (Å²) in [5, 5.41) is 43.7. The lowest BCUT2D eigenvalue weighted by Gasteiger charge is -2.20. The maximum Gasteiger partial charge on any atom is 0.339 e. The van der Waals surface area contributed by atoms with Gasteiger partial charge in [-0.1, -0.05) is 6.07 Å². The van der Waals surface area contributed by atoms with E-state index in [1.54, 1.807) is 0 Å². The van der Waals surface area contributed by atoms with Crippen molar-refractivity contribution in [1.29, 1.82) is 0 Å². The van der Waals surface area contributed by atoms with E-state index >= 15 is 0 Å². The van der Waals surface area contributed by atoms with Crippen LogP contribution in [0.2, 0.25) is 0 Å². The SMILES string of the molecule is CCOC(=O)c1cccc(O)c1C(=O)c1c(O)cc(C(=O)O[C@H]2CN(S(C)(=O)=O)C[C@@H]2NC(=O)c2ccc(O)cc2)cc1O. The minimum Gasteiger partial charge on any atom is -0.508 e. The fraction of sp³-hybridized carbons (Fsp3) is 0.241. The van der Waals surface area contributed by atoms with E-state index in [0.717, 1.165) is 28.8 Å². The molecule has 3 aromatic rings. The molecular weight excluding hydrogens is 600 g/mol. The van der Waals surface area contributed by atoms with Crippen LogP contribution in [0.5, 0.6) is 23.0 Å². The second kappa shape index (κ2) is 12.6. The van der Waals surface area contributed by atoms with Crippen molar-refractivity contribution in [3.05, 3.63) is 82.4 Å². The molecule has 1 aliphatic heterocycles. The van der Waals surface area contributed by atoms with Crippen molar-refractivity contribution in [3.63, 3.8) is 0 Å². The number of benzene rings is 3. The summed E-state index contributed by atoms with van der Waals surface area (Å²) < 4.78 is 35.8. The number of aromatic hydroxyl groups is 4. The van der Waals surface area contributed by atoms with Crippen molar-refractivity contribution in [1.82, 2.24) is 9.62 Å². The number of nitrogens with one attached hydrogen (secondary N) is 1. The highest BCUT2D eigenvalue weighted by molar-refractivity contribution is 7.88. The summed E-state index contributed by atoms with van der Waals surface area (Å²) in [4.78, 5) is 51.5. The Labute approximate surface area is 251 Å². The van der Waals surface area contributed by atoms with Crippen LogP contribution in [0.15, 0.2) is 54.6 Å². The molecule has 1 aliphatic rings. The van der Waals surface area contributed by atoms with Crippen molar-refractivity contribution in [2.75, 3.05) is 26.0 Å². The van der Waals surface area contributed by atoms with E-state index < -0.39 is 79.7 Å². The predicted molar refractivity (Wildman–Crippen MR) is 152 cm³/mol. The molecule has 44 heavy (non-hydrogen) atoms. The lowest BCUT2D eigenvalue weighted by molar-refractivity contribution is 0.0275. The van der Waals surface area contributed by atoms with Crippen LogP contribution in [0, 0.1) is 0 Å². The van der Waals surface area contributed by atoms with E-state index in [1.807, 2.05) is 0 Å². The number of ether oxygens (including phenoxy) is 2. The lowest BCUT2D eigenvalue weighted by atomic mass is 9.95. The standard InChI is InChI=1S/C29H28N2O12S/c1-3-42-29(39)18-5-4-6-20(33)24(18)26(36)25-21(34)11-16(12-22(25)35)28(38)43-23-14-31(44(2,40)41)13-19(23)30-27(37)15-7-9-17(32)10-8-15/h4-12,19,23,32-35H,3,13-14H2,1-2H3,(H,30,37)/t19-,23-/m0/s1. The number of amides is 1. The smallest absolute Gasteiger partial charge is 0.339 e. The van der Waals surface area contributed by atoms with E-state index in [1.165, 1.54) is 43.3 Å². The molecule has 2 atom stereocenters. The molecule has 1 heterocycles. The van der Waals surface area contributed by atoms with Crippen molar-refractivity contribution in [3.8, 4) is 23.0 Å². The fourth-order valence-electron chi connectivity index (χ4n) is 4.58. The third-order valence-electron chi connectivity index (χ3n) is 6.73. The van der Waals surface area contributed by atoms with Crippen LogP contribution in [-0.4, -0.2) is 94.9 Å². The maximum atomic E-state index is 13.3. The van der Waals surface area contributed by atoms with Crippen LogP contribution >= 0.6 is 0 Å². The van der Waals surface area contributed by atoms with Crippen molar-refractivity contribution in [2.24, 2.45) is 0 Å². The Bertz CT molecular complexity index is 1710. The zero-order chi connectivity index (χ0) is 32.3. The first-order valence-corrected chi connectivity index (χ1v) is 14.9. The van der Waals surface area contributed by atoms with Gasteiger partial charge in [0.15, 0.2) is 0 Å². The topological polar surface area (TPSA) is 217 Å². The molecule has 1 fully saturated rings. The molecule has 0 spiro atoms. The van der Waals surface area contributed by atoms with Gasteiger partial charge in [-0.2, -0.15) is 4.31 Å². The monoisotopic (exact) mass is 628 g/mol. The highest BCUT2D eigenvalue weighted by atomic mass is 32.2. The number of phenols is 4. The Kier molecular flexibility index (Phi) is 9.11. The Morgan fingerprint density at radius 2 is 1.50 bits per heavy atom. The molecule has 0 aromatic heterocycles. The van der Waals surface area contributed by atoms with Crippen LogP contribution in [-0.2, 0) is 19.5 Å². The lowest BCUT2D eigenvalue weighted by Crippen LogP contribution is -2.44. The summed E-state index contributed by atoms with van der Waals surface area (Å²) in [6, 6.07) is 9.51. The number of phenolic OH excluding ortho intramolecular Hbond substituents is 4. The Morgan fingerprint density at radius 1 is 0.864 bits per heavy atom. The number of carbonyl (C=O) groups is 4. The number of esters is 2. The number of rotatable bonds is 9. The van der Waals surface area contributed by atoms with Gasteiger partial charge in [-0.15, -0.1) is 0 Å². The zero-order valence-corrected chi connectivity index (χ0v) is 24.2. The molecule has 232 valence electrons. The highest BCUT2D eigenvalue weighted by Gasteiger charge is 2.41. The third kappa shape index (κ3) is 6.74. The third-order valence-corrected chi connectivity index (χ3v) is 7.97. The van der Waals surface area contributed by atoms with Gasteiger partial charge in [-0.05, 0) is 55.5 Å². The number of nitrogens with zero attached hydrogens (tertiary/aromatic N) is 1. The van der Waals surface area contributed by atoms with E-state index in [2.05, 4.69) is 5.32 Å². The summed E-state index contributed by atoms with van der Waals surface area (Å²) >= 11 is 0. The van der Waals surface area contributed by atoms with E-state index in [4.69, 9.17) is 9.47 Å². The first-order chi connectivity index (χ1) is 20.7. The van der Waals surface area contributed by atoms with Gasteiger partial charge in [0.05, 0.1) is 42.1 Å². The second-order valence-electron chi connectivity index (χ2n) is 9.79. The molecule has 0 unspecified atom stereocenters. The average Bonchev–Trinajstić information content (AvgIpc) is 3.35. The van der Waals surface area contributed by atoms with Gasteiger partial charge in [-0.3, -0.25) is 9.59 Å².